The number of aliphatic hydroxyl groups excluding tert-OH is 1. The van der Waals surface area contributed by atoms with E-state index in [1.807, 2.05) is 0 Å². The van der Waals surface area contributed by atoms with Crippen molar-refractivity contribution in [2.75, 3.05) is 19.8 Å². The number of ether oxygens (including phenoxy) is 1. The fraction of sp³-hybridized carbons (Fsp3) is 1.00. The number of rotatable bonds is 7. The average Bonchev–Trinajstić information content (AvgIpc) is 2.39. The maximum Gasteiger partial charge on any atom is 0.0897 e. The Morgan fingerprint density at radius 2 is 1.61 bits per heavy atom. The molecule has 0 aromatic carbocycles. The van der Waals surface area contributed by atoms with E-state index in [2.05, 4.69) is 26.1 Å². The highest BCUT2D eigenvalue weighted by Gasteiger charge is 2.50. The topological polar surface area (TPSA) is 41.5 Å². The molecule has 4 heteroatoms. The van der Waals surface area contributed by atoms with Crippen LogP contribution in [0, 0.1) is 23.2 Å². The molecule has 136 valence electrons. The summed E-state index contributed by atoms with van der Waals surface area (Å²) in [5.41, 5.74) is 0.656. The lowest BCUT2D eigenvalue weighted by atomic mass is 9.49. The minimum Gasteiger partial charge on any atom is -0.389 e. The number of halogens is 1. The summed E-state index contributed by atoms with van der Waals surface area (Å²) in [4.78, 5) is 0. The molecule has 0 radical (unpaired) electrons. The van der Waals surface area contributed by atoms with Crippen LogP contribution in [0.5, 0.6) is 0 Å². The average molecular weight is 346 g/mol. The van der Waals surface area contributed by atoms with Crippen LogP contribution in [0.15, 0.2) is 0 Å². The fourth-order valence-corrected chi connectivity index (χ4v) is 5.59. The van der Waals surface area contributed by atoms with Gasteiger partial charge in [-0.15, -0.1) is 12.4 Å². The van der Waals surface area contributed by atoms with Gasteiger partial charge in [-0.05, 0) is 88.9 Å². The van der Waals surface area contributed by atoms with E-state index < -0.39 is 6.10 Å². The largest absolute Gasteiger partial charge is 0.389 e. The van der Waals surface area contributed by atoms with Gasteiger partial charge in [0.15, 0.2) is 0 Å². The molecule has 0 aromatic heterocycles. The number of β-amino-alcohol motifs (C(OH)–C–C–N with tert-alkyl or cyclic N) is 1. The summed E-state index contributed by atoms with van der Waals surface area (Å²) in [6, 6.07) is 0. The van der Waals surface area contributed by atoms with Crippen LogP contribution in [0.3, 0.4) is 0 Å². The lowest BCUT2D eigenvalue weighted by Crippen LogP contribution is -2.46. The molecule has 0 spiro atoms. The summed E-state index contributed by atoms with van der Waals surface area (Å²) in [7, 11) is 0. The van der Waals surface area contributed by atoms with Crippen molar-refractivity contribution in [1.82, 2.24) is 5.32 Å². The maximum atomic E-state index is 9.99. The van der Waals surface area contributed by atoms with Crippen molar-refractivity contribution >= 4 is 12.4 Å². The van der Waals surface area contributed by atoms with Crippen molar-refractivity contribution < 1.29 is 9.84 Å². The molecule has 4 fully saturated rings. The van der Waals surface area contributed by atoms with E-state index in [4.69, 9.17) is 4.74 Å². The Morgan fingerprint density at radius 3 is 2.09 bits per heavy atom. The predicted octanol–water partition coefficient (Wildman–Crippen LogP) is 3.78. The third-order valence-corrected chi connectivity index (χ3v) is 6.12. The van der Waals surface area contributed by atoms with E-state index in [1.54, 1.807) is 0 Å². The number of nitrogens with one attached hydrogen (secondary N) is 1. The molecular weight excluding hydrogens is 310 g/mol. The molecule has 4 aliphatic rings. The molecule has 1 atom stereocenters. The molecule has 0 heterocycles. The van der Waals surface area contributed by atoms with Gasteiger partial charge in [0.25, 0.3) is 0 Å². The maximum absolute atomic E-state index is 9.99. The molecule has 0 amide bonds. The Bertz CT molecular complexity index is 345. The quantitative estimate of drug-likeness (QED) is 0.690. The number of hydrogen-bond donors (Lipinski definition) is 2. The van der Waals surface area contributed by atoms with Crippen molar-refractivity contribution in [3.05, 3.63) is 0 Å². The van der Waals surface area contributed by atoms with Crippen molar-refractivity contribution in [3.8, 4) is 0 Å². The monoisotopic (exact) mass is 345 g/mol. The first kappa shape index (κ1) is 19.5. The SMILES string of the molecule is CC(C)(C)NCC(O)COCCC12CC3CC(CC(C3)C1)C2.Cl. The van der Waals surface area contributed by atoms with Crippen LogP contribution in [-0.4, -0.2) is 36.5 Å². The molecule has 2 N–H and O–H groups in total. The highest BCUT2D eigenvalue weighted by atomic mass is 35.5. The zero-order chi connectivity index (χ0) is 15.8. The van der Waals surface area contributed by atoms with Crippen LogP contribution >= 0.6 is 12.4 Å². The van der Waals surface area contributed by atoms with E-state index in [0.29, 0.717) is 18.6 Å². The third kappa shape index (κ3) is 5.32. The molecule has 1 unspecified atom stereocenters. The molecule has 4 rings (SSSR count). The van der Waals surface area contributed by atoms with E-state index in [0.717, 1.165) is 24.4 Å². The van der Waals surface area contributed by atoms with Crippen LogP contribution in [0.4, 0.5) is 0 Å². The van der Waals surface area contributed by atoms with Gasteiger partial charge in [-0.2, -0.15) is 0 Å². The third-order valence-electron chi connectivity index (χ3n) is 6.12. The molecular formula is C19H36ClNO2. The van der Waals surface area contributed by atoms with Crippen LogP contribution in [0.25, 0.3) is 0 Å². The Morgan fingerprint density at radius 1 is 1.09 bits per heavy atom. The molecule has 4 bridgehead atoms. The Hall–Kier alpha value is 0.170. The lowest BCUT2D eigenvalue weighted by molar-refractivity contribution is -0.0731. The second-order valence-corrected chi connectivity index (χ2v) is 9.53. The summed E-state index contributed by atoms with van der Waals surface area (Å²) in [5.74, 6) is 3.06. The first-order chi connectivity index (χ1) is 10.3. The van der Waals surface area contributed by atoms with Gasteiger partial charge >= 0.3 is 0 Å². The summed E-state index contributed by atoms with van der Waals surface area (Å²) < 4.78 is 5.81. The van der Waals surface area contributed by atoms with Gasteiger partial charge in [0.05, 0.1) is 12.7 Å². The van der Waals surface area contributed by atoms with Crippen LogP contribution in [0.1, 0.15) is 65.7 Å². The van der Waals surface area contributed by atoms with Gasteiger partial charge < -0.3 is 15.2 Å². The van der Waals surface area contributed by atoms with E-state index >= 15 is 0 Å². The molecule has 4 saturated carbocycles. The molecule has 4 aliphatic carbocycles. The molecule has 3 nitrogen and oxygen atoms in total. The van der Waals surface area contributed by atoms with Crippen LogP contribution in [0.2, 0.25) is 0 Å². The smallest absolute Gasteiger partial charge is 0.0897 e. The number of hydrogen-bond acceptors (Lipinski definition) is 3. The highest BCUT2D eigenvalue weighted by Crippen LogP contribution is 2.61. The van der Waals surface area contributed by atoms with Crippen molar-refractivity contribution in [2.45, 2.75) is 77.4 Å². The minimum atomic E-state index is -0.393. The number of aliphatic hydroxyl groups is 1. The first-order valence-corrected chi connectivity index (χ1v) is 9.34. The summed E-state index contributed by atoms with van der Waals surface area (Å²) >= 11 is 0. The molecule has 0 aliphatic heterocycles. The zero-order valence-electron chi connectivity index (χ0n) is 15.1. The minimum absolute atomic E-state index is 0. The Balaban J connectivity index is 0.00000192. The van der Waals surface area contributed by atoms with E-state index in [-0.39, 0.29) is 17.9 Å². The van der Waals surface area contributed by atoms with Gasteiger partial charge in [0.1, 0.15) is 0 Å². The first-order valence-electron chi connectivity index (χ1n) is 9.34. The normalized spacial score (nSPS) is 36.8. The zero-order valence-corrected chi connectivity index (χ0v) is 16.0. The Kier molecular flexibility index (Phi) is 6.44. The molecule has 23 heavy (non-hydrogen) atoms. The fourth-order valence-electron chi connectivity index (χ4n) is 5.59. The lowest BCUT2D eigenvalue weighted by Gasteiger charge is -2.57. The van der Waals surface area contributed by atoms with Gasteiger partial charge in [-0.1, -0.05) is 0 Å². The van der Waals surface area contributed by atoms with Crippen LogP contribution < -0.4 is 5.32 Å². The van der Waals surface area contributed by atoms with Crippen molar-refractivity contribution in [1.29, 1.82) is 0 Å². The van der Waals surface area contributed by atoms with Crippen molar-refractivity contribution in [3.63, 3.8) is 0 Å². The second-order valence-electron chi connectivity index (χ2n) is 9.53. The van der Waals surface area contributed by atoms with E-state index in [1.165, 1.54) is 44.9 Å². The standard InChI is InChI=1S/C19H35NO2.ClH/c1-18(2,3)20-12-17(21)13-22-5-4-19-9-14-6-15(10-19)8-16(7-14)11-19;/h14-17,20-21H,4-13H2,1-3H3;1H. The summed E-state index contributed by atoms with van der Waals surface area (Å²) in [6.45, 7) is 8.27. The molecule has 0 saturated heterocycles. The van der Waals surface area contributed by atoms with Gasteiger partial charge in [0, 0.05) is 18.7 Å². The van der Waals surface area contributed by atoms with Gasteiger partial charge in [0.2, 0.25) is 0 Å². The van der Waals surface area contributed by atoms with E-state index in [9.17, 15) is 5.11 Å². The molecule has 0 aromatic rings. The van der Waals surface area contributed by atoms with Gasteiger partial charge in [-0.25, -0.2) is 0 Å². The second kappa shape index (κ2) is 7.59. The van der Waals surface area contributed by atoms with Crippen molar-refractivity contribution in [2.24, 2.45) is 23.2 Å². The summed E-state index contributed by atoms with van der Waals surface area (Å²) in [6.07, 6.45) is 9.72. The Labute approximate surface area is 148 Å². The predicted molar refractivity (Wildman–Crippen MR) is 97.1 cm³/mol. The van der Waals surface area contributed by atoms with Crippen LogP contribution in [-0.2, 0) is 4.74 Å². The summed E-state index contributed by atoms with van der Waals surface area (Å²) in [5, 5.41) is 13.3. The van der Waals surface area contributed by atoms with Gasteiger partial charge in [-0.3, -0.25) is 0 Å². The highest BCUT2D eigenvalue weighted by molar-refractivity contribution is 5.85.